The summed E-state index contributed by atoms with van der Waals surface area (Å²) in [4.78, 5) is 22.1. The Morgan fingerprint density at radius 3 is 2.92 bits per heavy atom. The number of aromatic nitrogens is 2. The molecule has 0 aliphatic carbocycles. The number of thiazole rings is 1. The van der Waals surface area contributed by atoms with Gasteiger partial charge in [-0.15, -0.1) is 11.3 Å². The smallest absolute Gasteiger partial charge is 0.265 e. The van der Waals surface area contributed by atoms with E-state index in [9.17, 15) is 9.18 Å². The number of hydrogen-bond donors (Lipinski definition) is 3. The highest BCUT2D eigenvalue weighted by Gasteiger charge is 2.17. The van der Waals surface area contributed by atoms with E-state index in [1.807, 2.05) is 0 Å². The Morgan fingerprint density at radius 2 is 2.15 bits per heavy atom. The minimum Gasteiger partial charge on any atom is -0.441 e. The first-order valence-electron chi connectivity index (χ1n) is 7.66. The summed E-state index contributed by atoms with van der Waals surface area (Å²) in [5.41, 5.74) is 0.861. The monoisotopic (exact) mass is 392 g/mol. The number of carbonyl (C=O) groups is 1. The normalized spacial score (nSPS) is 11.3. The number of halogens is 1. The van der Waals surface area contributed by atoms with Crippen LogP contribution in [0.15, 0.2) is 22.6 Å². The second kappa shape index (κ2) is 6.63. The molecule has 0 spiro atoms. The van der Waals surface area contributed by atoms with E-state index in [-0.39, 0.29) is 12.3 Å². The van der Waals surface area contributed by atoms with Crippen molar-refractivity contribution in [2.75, 3.05) is 23.8 Å². The molecule has 1 amide bonds. The summed E-state index contributed by atoms with van der Waals surface area (Å²) in [6, 6.07) is 4.37. The van der Waals surface area contributed by atoms with Crippen LogP contribution in [-0.2, 0) is 0 Å². The molecule has 0 fully saturated rings. The number of aryl methyl sites for hydroxylation is 1. The summed E-state index contributed by atoms with van der Waals surface area (Å²) in [5.74, 6) is -0.574. The Kier molecular flexibility index (Phi) is 4.31. The number of nitrogens with zero attached hydrogens (tertiary/aromatic N) is 2. The fourth-order valence-electron chi connectivity index (χ4n) is 2.43. The van der Waals surface area contributed by atoms with E-state index in [0.29, 0.717) is 38.4 Å². The molecule has 0 radical (unpaired) electrons. The highest BCUT2D eigenvalue weighted by Crippen LogP contribution is 2.33. The topological polar surface area (TPSA) is 100 Å². The molecule has 4 aromatic rings. The van der Waals surface area contributed by atoms with Crippen molar-refractivity contribution >= 4 is 60.0 Å². The average molecular weight is 392 g/mol. The van der Waals surface area contributed by atoms with Crippen LogP contribution in [-0.4, -0.2) is 34.1 Å². The van der Waals surface area contributed by atoms with Crippen molar-refractivity contribution in [3.63, 3.8) is 0 Å². The Morgan fingerprint density at radius 1 is 1.31 bits per heavy atom. The van der Waals surface area contributed by atoms with E-state index >= 15 is 0 Å². The lowest BCUT2D eigenvalue weighted by Gasteiger charge is -2.04. The molecular formula is C16H13FN4O3S2. The lowest BCUT2D eigenvalue weighted by atomic mass is 10.2. The van der Waals surface area contributed by atoms with E-state index in [1.54, 1.807) is 13.0 Å². The predicted octanol–water partition coefficient (Wildman–Crippen LogP) is 3.60. The first-order valence-corrected chi connectivity index (χ1v) is 9.30. The first-order chi connectivity index (χ1) is 12.5. The summed E-state index contributed by atoms with van der Waals surface area (Å²) in [5, 5.41) is 15.1. The van der Waals surface area contributed by atoms with Gasteiger partial charge in [0.25, 0.3) is 5.91 Å². The van der Waals surface area contributed by atoms with Gasteiger partial charge in [0.1, 0.15) is 10.3 Å². The summed E-state index contributed by atoms with van der Waals surface area (Å²) in [7, 11) is 0. The molecule has 0 atom stereocenters. The van der Waals surface area contributed by atoms with Crippen molar-refractivity contribution in [1.82, 2.24) is 9.97 Å². The van der Waals surface area contributed by atoms with E-state index in [0.717, 1.165) is 4.70 Å². The number of hydrogen-bond acceptors (Lipinski definition) is 8. The molecule has 0 aliphatic rings. The van der Waals surface area contributed by atoms with Crippen LogP contribution in [0, 0.1) is 12.7 Å². The summed E-state index contributed by atoms with van der Waals surface area (Å²) in [6.45, 7) is 2.10. The van der Waals surface area contributed by atoms with Crippen LogP contribution >= 0.6 is 22.7 Å². The third-order valence-corrected chi connectivity index (χ3v) is 5.65. The minimum atomic E-state index is -0.589. The maximum Gasteiger partial charge on any atom is 0.265 e. The molecule has 0 bridgehead atoms. The third-order valence-electron chi connectivity index (χ3n) is 3.53. The molecule has 0 saturated carbocycles. The number of fused-ring (bicyclic) bond motifs is 2. The second-order valence-electron chi connectivity index (χ2n) is 5.44. The van der Waals surface area contributed by atoms with Crippen molar-refractivity contribution in [1.29, 1.82) is 0 Å². The van der Waals surface area contributed by atoms with Gasteiger partial charge in [-0.05, 0) is 12.1 Å². The van der Waals surface area contributed by atoms with Crippen LogP contribution in [0.4, 0.5) is 15.2 Å². The van der Waals surface area contributed by atoms with Gasteiger partial charge in [-0.2, -0.15) is 0 Å². The molecular weight excluding hydrogens is 379 g/mol. The van der Waals surface area contributed by atoms with E-state index in [1.165, 1.54) is 34.8 Å². The van der Waals surface area contributed by atoms with E-state index in [2.05, 4.69) is 20.6 Å². The zero-order valence-electron chi connectivity index (χ0n) is 13.5. The molecule has 10 heteroatoms. The number of benzene rings is 1. The zero-order valence-corrected chi connectivity index (χ0v) is 15.1. The molecule has 3 heterocycles. The average Bonchev–Trinajstić information content (AvgIpc) is 3.25. The molecule has 0 aliphatic heterocycles. The minimum absolute atomic E-state index is 0.0157. The van der Waals surface area contributed by atoms with Gasteiger partial charge in [-0.1, -0.05) is 11.3 Å². The Balaban J connectivity index is 1.56. The van der Waals surface area contributed by atoms with Crippen LogP contribution in [0.25, 0.3) is 20.6 Å². The number of aliphatic hydroxyl groups is 1. The number of anilines is 2. The SMILES string of the molecule is Cc1nc2cc(NC(=O)c3cc4sc(NCCO)nc4s3)c(F)cc2o1. The standard InChI is InChI=1S/C16H13FN4O3S2/c1-7-19-10-5-9(8(17)4-11(10)24-7)20-14(23)12-6-13-15(25-12)21-16(26-13)18-2-3-22/h4-6,22H,2-3H2,1H3,(H,18,21)(H,20,23). The fraction of sp³-hybridized carbons (Fsp3) is 0.188. The van der Waals surface area contributed by atoms with Crippen LogP contribution in [0.1, 0.15) is 15.6 Å². The summed E-state index contributed by atoms with van der Waals surface area (Å²) in [6.07, 6.45) is 0. The summed E-state index contributed by atoms with van der Waals surface area (Å²) < 4.78 is 20.3. The summed E-state index contributed by atoms with van der Waals surface area (Å²) >= 11 is 2.61. The lowest BCUT2D eigenvalue weighted by Crippen LogP contribution is -2.11. The van der Waals surface area contributed by atoms with Gasteiger partial charge in [0.05, 0.1) is 21.9 Å². The molecule has 4 rings (SSSR count). The number of nitrogens with one attached hydrogen (secondary N) is 2. The molecule has 0 unspecified atom stereocenters. The second-order valence-corrected chi connectivity index (χ2v) is 7.50. The quantitative estimate of drug-likeness (QED) is 0.480. The van der Waals surface area contributed by atoms with E-state index < -0.39 is 11.7 Å². The number of thiophene rings is 1. The molecule has 7 nitrogen and oxygen atoms in total. The highest BCUT2D eigenvalue weighted by atomic mass is 32.1. The van der Waals surface area contributed by atoms with Gasteiger partial charge < -0.3 is 20.2 Å². The Hall–Kier alpha value is -2.56. The van der Waals surface area contributed by atoms with Gasteiger partial charge in [-0.25, -0.2) is 14.4 Å². The number of amides is 1. The van der Waals surface area contributed by atoms with Gasteiger partial charge in [0.2, 0.25) is 0 Å². The first kappa shape index (κ1) is 16.9. The maximum atomic E-state index is 14.2. The molecule has 1 aromatic carbocycles. The van der Waals surface area contributed by atoms with Gasteiger partial charge in [-0.3, -0.25) is 4.79 Å². The zero-order chi connectivity index (χ0) is 18.3. The Bertz CT molecular complexity index is 1090. The lowest BCUT2D eigenvalue weighted by molar-refractivity contribution is 0.103. The van der Waals surface area contributed by atoms with Crippen molar-refractivity contribution in [3.8, 4) is 0 Å². The van der Waals surface area contributed by atoms with Crippen LogP contribution < -0.4 is 10.6 Å². The van der Waals surface area contributed by atoms with Gasteiger partial charge in [0.15, 0.2) is 22.4 Å². The largest absolute Gasteiger partial charge is 0.441 e. The van der Waals surface area contributed by atoms with Gasteiger partial charge in [0, 0.05) is 19.5 Å². The van der Waals surface area contributed by atoms with Crippen LogP contribution in [0.3, 0.4) is 0 Å². The van der Waals surface area contributed by atoms with Crippen LogP contribution in [0.5, 0.6) is 0 Å². The molecule has 0 saturated heterocycles. The third kappa shape index (κ3) is 3.14. The number of carbonyl (C=O) groups excluding carboxylic acids is 1. The molecule has 3 aromatic heterocycles. The highest BCUT2D eigenvalue weighted by molar-refractivity contribution is 7.29. The van der Waals surface area contributed by atoms with E-state index in [4.69, 9.17) is 9.52 Å². The van der Waals surface area contributed by atoms with Crippen LogP contribution in [0.2, 0.25) is 0 Å². The molecule has 3 N–H and O–H groups in total. The number of aliphatic hydroxyl groups excluding tert-OH is 1. The molecule has 134 valence electrons. The van der Waals surface area contributed by atoms with Crippen molar-refractivity contribution < 1.29 is 18.7 Å². The number of oxazole rings is 1. The maximum absolute atomic E-state index is 14.2. The Labute approximate surface area is 154 Å². The predicted molar refractivity (Wildman–Crippen MR) is 99.7 cm³/mol. The fourth-order valence-corrected chi connectivity index (χ4v) is 4.47. The van der Waals surface area contributed by atoms with Crippen molar-refractivity contribution in [3.05, 3.63) is 34.8 Å². The van der Waals surface area contributed by atoms with Gasteiger partial charge >= 0.3 is 0 Å². The molecule has 26 heavy (non-hydrogen) atoms. The van der Waals surface area contributed by atoms with Crippen molar-refractivity contribution in [2.45, 2.75) is 6.92 Å². The van der Waals surface area contributed by atoms with Crippen molar-refractivity contribution in [2.24, 2.45) is 0 Å². The number of rotatable bonds is 5.